The number of carboxylic acid groups (broad SMARTS) is 1. The van der Waals surface area contributed by atoms with Crippen LogP contribution >= 0.6 is 0 Å². The maximum absolute atomic E-state index is 13.0. The fourth-order valence-electron chi connectivity index (χ4n) is 3.45. The van der Waals surface area contributed by atoms with Gasteiger partial charge in [0.1, 0.15) is 5.41 Å². The molecule has 0 bridgehead atoms. The Hall–Kier alpha value is -2.18. The zero-order chi connectivity index (χ0) is 17.5. The van der Waals surface area contributed by atoms with Crippen LogP contribution < -0.4 is 5.73 Å². The predicted octanol–water partition coefficient (Wildman–Crippen LogP) is 1.96. The molecule has 5 nitrogen and oxygen atoms in total. The van der Waals surface area contributed by atoms with Gasteiger partial charge in [0.15, 0.2) is 9.84 Å². The van der Waals surface area contributed by atoms with Crippen molar-refractivity contribution in [2.75, 3.05) is 6.54 Å². The van der Waals surface area contributed by atoms with E-state index in [9.17, 15) is 18.3 Å². The van der Waals surface area contributed by atoms with Crippen LogP contribution in [0, 0.1) is 12.3 Å². The van der Waals surface area contributed by atoms with Gasteiger partial charge in [-0.05, 0) is 24.6 Å². The topological polar surface area (TPSA) is 97.5 Å². The highest BCUT2D eigenvalue weighted by molar-refractivity contribution is 7.92. The number of rotatable bonds is 5. The lowest BCUT2D eigenvalue weighted by atomic mass is 9.99. The molecule has 0 spiro atoms. The normalized spacial score (nSPS) is 26.1. The third-order valence-electron chi connectivity index (χ3n) is 4.83. The summed E-state index contributed by atoms with van der Waals surface area (Å²) in [4.78, 5) is 12.0. The van der Waals surface area contributed by atoms with Gasteiger partial charge in [0.25, 0.3) is 0 Å². The van der Waals surface area contributed by atoms with E-state index in [4.69, 9.17) is 5.73 Å². The van der Waals surface area contributed by atoms with Crippen LogP contribution in [0.1, 0.15) is 17.0 Å². The molecular weight excluding hydrogens is 326 g/mol. The average Bonchev–Trinajstić information content (AvgIpc) is 3.28. The average molecular weight is 345 g/mol. The summed E-state index contributed by atoms with van der Waals surface area (Å²) in [5.41, 5.74) is 5.88. The molecule has 3 N–H and O–H groups in total. The van der Waals surface area contributed by atoms with E-state index in [-0.39, 0.29) is 11.4 Å². The van der Waals surface area contributed by atoms with Gasteiger partial charge in [-0.3, -0.25) is 4.79 Å². The number of aliphatic carboxylic acids is 1. The van der Waals surface area contributed by atoms with Crippen molar-refractivity contribution in [1.29, 1.82) is 0 Å². The number of sulfone groups is 1. The van der Waals surface area contributed by atoms with Crippen LogP contribution in [0.15, 0.2) is 59.5 Å². The van der Waals surface area contributed by atoms with Gasteiger partial charge in [0.2, 0.25) is 0 Å². The predicted molar refractivity (Wildman–Crippen MR) is 90.5 cm³/mol. The number of hydrogen-bond donors (Lipinski definition) is 2. The van der Waals surface area contributed by atoms with Crippen molar-refractivity contribution in [3.8, 4) is 0 Å². The molecule has 24 heavy (non-hydrogen) atoms. The van der Waals surface area contributed by atoms with Crippen molar-refractivity contribution in [2.24, 2.45) is 11.1 Å². The van der Waals surface area contributed by atoms with E-state index in [1.807, 2.05) is 6.92 Å². The first kappa shape index (κ1) is 16.7. The lowest BCUT2D eigenvalue weighted by molar-refractivity contribution is -0.143. The number of aryl methyl sites for hydroxylation is 1. The minimum Gasteiger partial charge on any atom is -0.481 e. The second kappa shape index (κ2) is 5.72. The number of carbonyl (C=O) groups is 1. The van der Waals surface area contributed by atoms with E-state index in [2.05, 4.69) is 0 Å². The van der Waals surface area contributed by atoms with Gasteiger partial charge in [0.05, 0.1) is 10.1 Å². The lowest BCUT2D eigenvalue weighted by Gasteiger charge is -2.10. The number of hydrogen-bond acceptors (Lipinski definition) is 4. The first-order valence-electron chi connectivity index (χ1n) is 7.64. The monoisotopic (exact) mass is 345 g/mol. The molecule has 2 aromatic carbocycles. The zero-order valence-corrected chi connectivity index (χ0v) is 14.0. The van der Waals surface area contributed by atoms with Crippen LogP contribution in [0.5, 0.6) is 0 Å². The molecule has 0 saturated heterocycles. The fraction of sp³-hybridized carbons (Fsp3) is 0.278. The Balaban J connectivity index is 2.11. The highest BCUT2D eigenvalue weighted by Gasteiger charge is 2.75. The highest BCUT2D eigenvalue weighted by atomic mass is 32.2. The standard InChI is InChI=1S/C18H19NO4S/c1-12-7-9-14(10-8-12)24(22,23)16-15(13-5-3-2-4-6-13)18(16,11-19)17(20)21/h2-10,15-16H,11,19H2,1H3,(H,20,21)/t15-,16+,18+/m0/s1. The molecule has 0 heterocycles. The molecule has 126 valence electrons. The highest BCUT2D eigenvalue weighted by Crippen LogP contribution is 2.63. The summed E-state index contributed by atoms with van der Waals surface area (Å²) < 4.78 is 26.1. The van der Waals surface area contributed by atoms with Gasteiger partial charge in [-0.15, -0.1) is 0 Å². The molecule has 1 aliphatic rings. The second-order valence-electron chi connectivity index (χ2n) is 6.22. The third-order valence-corrected chi connectivity index (χ3v) is 7.13. The van der Waals surface area contributed by atoms with Crippen LogP contribution in [0.2, 0.25) is 0 Å². The quantitative estimate of drug-likeness (QED) is 0.863. The molecule has 0 aliphatic heterocycles. The molecule has 0 radical (unpaired) electrons. The molecule has 2 aromatic rings. The van der Waals surface area contributed by atoms with E-state index in [0.717, 1.165) is 5.56 Å². The molecule has 1 saturated carbocycles. The first-order chi connectivity index (χ1) is 11.4. The van der Waals surface area contributed by atoms with E-state index < -0.39 is 32.4 Å². The zero-order valence-electron chi connectivity index (χ0n) is 13.2. The molecule has 0 aromatic heterocycles. The minimum atomic E-state index is -3.81. The Morgan fingerprint density at radius 2 is 1.71 bits per heavy atom. The summed E-state index contributed by atoms with van der Waals surface area (Å²) in [6, 6.07) is 15.3. The van der Waals surface area contributed by atoms with Gasteiger partial charge < -0.3 is 10.8 Å². The maximum atomic E-state index is 13.0. The van der Waals surface area contributed by atoms with Gasteiger partial charge in [0, 0.05) is 12.5 Å². The largest absolute Gasteiger partial charge is 0.481 e. The summed E-state index contributed by atoms with van der Waals surface area (Å²) in [6.45, 7) is 1.64. The van der Waals surface area contributed by atoms with Crippen LogP contribution in [0.3, 0.4) is 0 Å². The summed E-state index contributed by atoms with van der Waals surface area (Å²) >= 11 is 0. The SMILES string of the molecule is Cc1ccc(S(=O)(=O)[C@@H]2[C@H](c3ccccc3)[C@@]2(CN)C(=O)O)cc1. The van der Waals surface area contributed by atoms with Crippen LogP contribution in [0.25, 0.3) is 0 Å². The first-order valence-corrected chi connectivity index (χ1v) is 9.19. The van der Waals surface area contributed by atoms with Crippen molar-refractivity contribution in [1.82, 2.24) is 0 Å². The van der Waals surface area contributed by atoms with Crippen molar-refractivity contribution in [3.63, 3.8) is 0 Å². The molecule has 1 aliphatic carbocycles. The molecule has 6 heteroatoms. The number of carboxylic acids is 1. The summed E-state index contributed by atoms with van der Waals surface area (Å²) in [5, 5.41) is 8.66. The summed E-state index contributed by atoms with van der Waals surface area (Å²) in [5.74, 6) is -1.81. The van der Waals surface area contributed by atoms with Gasteiger partial charge in [-0.1, -0.05) is 48.0 Å². The van der Waals surface area contributed by atoms with Crippen LogP contribution in [-0.2, 0) is 14.6 Å². The molecule has 1 fully saturated rings. The van der Waals surface area contributed by atoms with Crippen LogP contribution in [-0.4, -0.2) is 31.3 Å². The van der Waals surface area contributed by atoms with Gasteiger partial charge >= 0.3 is 5.97 Å². The minimum absolute atomic E-state index is 0.135. The molecule has 3 rings (SSSR count). The van der Waals surface area contributed by atoms with E-state index in [0.29, 0.717) is 5.56 Å². The van der Waals surface area contributed by atoms with Crippen molar-refractivity contribution in [2.45, 2.75) is 23.0 Å². The van der Waals surface area contributed by atoms with Crippen LogP contribution in [0.4, 0.5) is 0 Å². The Kier molecular flexibility index (Phi) is 3.97. The number of nitrogens with two attached hydrogens (primary N) is 1. The van der Waals surface area contributed by atoms with Gasteiger partial charge in [-0.25, -0.2) is 8.42 Å². The third kappa shape index (κ3) is 2.34. The fourth-order valence-corrected chi connectivity index (χ4v) is 5.84. The summed E-state index contributed by atoms with van der Waals surface area (Å²) in [6.07, 6.45) is 0. The Morgan fingerprint density at radius 3 is 2.21 bits per heavy atom. The molecule has 0 unspecified atom stereocenters. The molecular formula is C18H19NO4S. The van der Waals surface area contributed by atoms with Crippen molar-refractivity contribution < 1.29 is 18.3 Å². The summed E-state index contributed by atoms with van der Waals surface area (Å²) in [7, 11) is -3.81. The van der Waals surface area contributed by atoms with E-state index >= 15 is 0 Å². The Bertz CT molecular complexity index is 862. The smallest absolute Gasteiger partial charge is 0.312 e. The molecule has 3 atom stereocenters. The Morgan fingerprint density at radius 1 is 1.12 bits per heavy atom. The molecule has 0 amide bonds. The van der Waals surface area contributed by atoms with E-state index in [1.54, 1.807) is 42.5 Å². The van der Waals surface area contributed by atoms with Crippen molar-refractivity contribution >= 4 is 15.8 Å². The number of benzene rings is 2. The van der Waals surface area contributed by atoms with E-state index in [1.165, 1.54) is 12.1 Å². The van der Waals surface area contributed by atoms with Crippen molar-refractivity contribution in [3.05, 3.63) is 65.7 Å². The maximum Gasteiger partial charge on any atom is 0.312 e. The second-order valence-corrected chi connectivity index (χ2v) is 8.29. The Labute approximate surface area is 141 Å². The van der Waals surface area contributed by atoms with Gasteiger partial charge in [-0.2, -0.15) is 0 Å². The lowest BCUT2D eigenvalue weighted by Crippen LogP contribution is -2.31.